The molecule has 1 aliphatic heterocycles. The summed E-state index contributed by atoms with van der Waals surface area (Å²) in [6, 6.07) is 19.7. The lowest BCUT2D eigenvalue weighted by molar-refractivity contribution is 0.0589. The van der Waals surface area contributed by atoms with Gasteiger partial charge in [0.25, 0.3) is 5.91 Å². The SMILES string of the molecule is COc1cc2c(cc1OC)C(COc1ccc(C(C)C)cc1)N(C(=O)c1ccc(C)cc1)CC2. The number of nitrogens with zero attached hydrogens (tertiary/aromatic N) is 1. The normalized spacial score (nSPS) is 15.1. The van der Waals surface area contributed by atoms with E-state index >= 15 is 0 Å². The summed E-state index contributed by atoms with van der Waals surface area (Å²) in [6.07, 6.45) is 0.743. The average Bonchev–Trinajstić information content (AvgIpc) is 2.86. The zero-order valence-electron chi connectivity index (χ0n) is 20.6. The summed E-state index contributed by atoms with van der Waals surface area (Å²) < 4.78 is 17.3. The maximum absolute atomic E-state index is 13.6. The molecule has 0 radical (unpaired) electrons. The molecule has 1 aliphatic rings. The van der Waals surface area contributed by atoms with Gasteiger partial charge < -0.3 is 19.1 Å². The Kier molecular flexibility index (Phi) is 7.11. The third kappa shape index (κ3) is 4.89. The molecule has 0 aromatic heterocycles. The molecule has 4 rings (SSSR count). The molecule has 1 atom stereocenters. The van der Waals surface area contributed by atoms with Crippen LogP contribution in [0.5, 0.6) is 17.2 Å². The molecule has 0 N–H and O–H groups in total. The quantitative estimate of drug-likeness (QED) is 0.438. The number of aryl methyl sites for hydroxylation is 1. The lowest BCUT2D eigenvalue weighted by Gasteiger charge is -2.37. The highest BCUT2D eigenvalue weighted by molar-refractivity contribution is 5.94. The summed E-state index contributed by atoms with van der Waals surface area (Å²) >= 11 is 0. The van der Waals surface area contributed by atoms with Gasteiger partial charge in [-0.15, -0.1) is 0 Å². The minimum Gasteiger partial charge on any atom is -0.493 e. The lowest BCUT2D eigenvalue weighted by atomic mass is 9.91. The standard InChI is InChI=1S/C29H33NO4/c1-19(2)21-10-12-24(13-11-21)34-18-26-25-17-28(33-5)27(32-4)16-23(25)14-15-30(26)29(31)22-8-6-20(3)7-9-22/h6-13,16-17,19,26H,14-15,18H2,1-5H3. The van der Waals surface area contributed by atoms with Crippen LogP contribution in [0.1, 0.15) is 58.4 Å². The summed E-state index contributed by atoms with van der Waals surface area (Å²) in [6.45, 7) is 7.32. The number of amides is 1. The van der Waals surface area contributed by atoms with E-state index in [0.29, 0.717) is 36.1 Å². The van der Waals surface area contributed by atoms with E-state index < -0.39 is 0 Å². The largest absolute Gasteiger partial charge is 0.493 e. The molecule has 178 valence electrons. The summed E-state index contributed by atoms with van der Waals surface area (Å²) in [5, 5.41) is 0. The topological polar surface area (TPSA) is 48.0 Å². The number of hydrogen-bond acceptors (Lipinski definition) is 4. The molecule has 0 aliphatic carbocycles. The summed E-state index contributed by atoms with van der Waals surface area (Å²) in [5.41, 5.74) is 5.25. The lowest BCUT2D eigenvalue weighted by Crippen LogP contribution is -2.42. The van der Waals surface area contributed by atoms with E-state index in [1.807, 2.05) is 60.4 Å². The van der Waals surface area contributed by atoms with Crippen molar-refractivity contribution in [1.29, 1.82) is 0 Å². The minimum atomic E-state index is -0.248. The van der Waals surface area contributed by atoms with E-state index in [2.05, 4.69) is 26.0 Å². The fourth-order valence-corrected chi connectivity index (χ4v) is 4.44. The number of benzene rings is 3. The second-order valence-corrected chi connectivity index (χ2v) is 9.07. The van der Waals surface area contributed by atoms with Crippen molar-refractivity contribution in [2.24, 2.45) is 0 Å². The maximum atomic E-state index is 13.6. The first-order valence-electron chi connectivity index (χ1n) is 11.8. The highest BCUT2D eigenvalue weighted by atomic mass is 16.5. The van der Waals surface area contributed by atoms with Gasteiger partial charge in [0.05, 0.1) is 20.3 Å². The predicted molar refractivity (Wildman–Crippen MR) is 134 cm³/mol. The van der Waals surface area contributed by atoms with Gasteiger partial charge in [-0.25, -0.2) is 0 Å². The van der Waals surface area contributed by atoms with Gasteiger partial charge in [-0.3, -0.25) is 4.79 Å². The summed E-state index contributed by atoms with van der Waals surface area (Å²) in [4.78, 5) is 15.5. The molecular weight excluding hydrogens is 426 g/mol. The first-order chi connectivity index (χ1) is 16.4. The molecule has 3 aromatic rings. The van der Waals surface area contributed by atoms with Gasteiger partial charge in [-0.05, 0) is 72.4 Å². The van der Waals surface area contributed by atoms with Crippen molar-refractivity contribution in [2.45, 2.75) is 39.2 Å². The monoisotopic (exact) mass is 459 g/mol. The number of ether oxygens (including phenoxy) is 3. The molecule has 1 amide bonds. The van der Waals surface area contributed by atoms with Crippen molar-refractivity contribution < 1.29 is 19.0 Å². The Hall–Kier alpha value is -3.47. The molecule has 34 heavy (non-hydrogen) atoms. The van der Waals surface area contributed by atoms with Gasteiger partial charge in [0.2, 0.25) is 0 Å². The Labute approximate surface area is 202 Å². The van der Waals surface area contributed by atoms with Crippen molar-refractivity contribution in [3.05, 3.63) is 88.5 Å². The van der Waals surface area contributed by atoms with Gasteiger partial charge in [-0.1, -0.05) is 43.7 Å². The number of carbonyl (C=O) groups is 1. The Morgan fingerprint density at radius 1 is 0.971 bits per heavy atom. The van der Waals surface area contributed by atoms with E-state index in [1.54, 1.807) is 14.2 Å². The molecule has 5 heteroatoms. The first kappa shape index (κ1) is 23.7. The molecule has 0 fully saturated rings. The zero-order valence-corrected chi connectivity index (χ0v) is 20.6. The Balaban J connectivity index is 1.67. The Morgan fingerprint density at radius 2 is 1.62 bits per heavy atom. The molecule has 3 aromatic carbocycles. The van der Waals surface area contributed by atoms with Crippen LogP contribution in [0.3, 0.4) is 0 Å². The van der Waals surface area contributed by atoms with Gasteiger partial charge in [0.1, 0.15) is 12.4 Å². The molecule has 0 spiro atoms. The van der Waals surface area contributed by atoms with Gasteiger partial charge in [0.15, 0.2) is 11.5 Å². The van der Waals surface area contributed by atoms with Crippen LogP contribution in [0.2, 0.25) is 0 Å². The fraction of sp³-hybridized carbons (Fsp3) is 0.345. The first-order valence-corrected chi connectivity index (χ1v) is 11.8. The van der Waals surface area contributed by atoms with E-state index in [9.17, 15) is 4.79 Å². The predicted octanol–water partition coefficient (Wildman–Crippen LogP) is 5.95. The van der Waals surface area contributed by atoms with Crippen LogP contribution in [0.25, 0.3) is 0 Å². The summed E-state index contributed by atoms with van der Waals surface area (Å²) in [7, 11) is 3.27. The summed E-state index contributed by atoms with van der Waals surface area (Å²) in [5.74, 6) is 2.61. The number of hydrogen-bond donors (Lipinski definition) is 0. The van der Waals surface area contributed by atoms with Crippen LogP contribution in [0.15, 0.2) is 60.7 Å². The molecule has 1 unspecified atom stereocenters. The number of fused-ring (bicyclic) bond motifs is 1. The maximum Gasteiger partial charge on any atom is 0.254 e. The average molecular weight is 460 g/mol. The van der Waals surface area contributed by atoms with E-state index in [-0.39, 0.29) is 11.9 Å². The number of methoxy groups -OCH3 is 2. The molecular formula is C29H33NO4. The molecule has 1 heterocycles. The van der Waals surface area contributed by atoms with E-state index in [1.165, 1.54) is 5.56 Å². The Bertz CT molecular complexity index is 1140. The van der Waals surface area contributed by atoms with Crippen LogP contribution in [0, 0.1) is 6.92 Å². The Morgan fingerprint density at radius 3 is 2.24 bits per heavy atom. The van der Waals surface area contributed by atoms with Gasteiger partial charge in [0, 0.05) is 12.1 Å². The van der Waals surface area contributed by atoms with Crippen LogP contribution >= 0.6 is 0 Å². The zero-order chi connectivity index (χ0) is 24.2. The second-order valence-electron chi connectivity index (χ2n) is 9.07. The van der Waals surface area contributed by atoms with Crippen molar-refractivity contribution in [3.63, 3.8) is 0 Å². The van der Waals surface area contributed by atoms with E-state index in [0.717, 1.165) is 28.9 Å². The minimum absolute atomic E-state index is 0.00388. The van der Waals surface area contributed by atoms with Crippen molar-refractivity contribution in [1.82, 2.24) is 4.90 Å². The van der Waals surface area contributed by atoms with Crippen LogP contribution in [0.4, 0.5) is 0 Å². The van der Waals surface area contributed by atoms with E-state index in [4.69, 9.17) is 14.2 Å². The highest BCUT2D eigenvalue weighted by Gasteiger charge is 2.33. The van der Waals surface area contributed by atoms with Crippen LogP contribution in [-0.4, -0.2) is 38.2 Å². The van der Waals surface area contributed by atoms with Crippen molar-refractivity contribution in [2.75, 3.05) is 27.4 Å². The highest BCUT2D eigenvalue weighted by Crippen LogP contribution is 2.39. The third-order valence-corrected chi connectivity index (χ3v) is 6.52. The van der Waals surface area contributed by atoms with Crippen molar-refractivity contribution >= 4 is 5.91 Å². The van der Waals surface area contributed by atoms with Crippen LogP contribution < -0.4 is 14.2 Å². The van der Waals surface area contributed by atoms with Gasteiger partial charge >= 0.3 is 0 Å². The van der Waals surface area contributed by atoms with Crippen LogP contribution in [-0.2, 0) is 6.42 Å². The second kappa shape index (κ2) is 10.2. The third-order valence-electron chi connectivity index (χ3n) is 6.52. The smallest absolute Gasteiger partial charge is 0.254 e. The van der Waals surface area contributed by atoms with Crippen molar-refractivity contribution in [3.8, 4) is 17.2 Å². The fourth-order valence-electron chi connectivity index (χ4n) is 4.44. The molecule has 5 nitrogen and oxygen atoms in total. The molecule has 0 saturated heterocycles. The molecule has 0 saturated carbocycles. The number of rotatable bonds is 7. The number of carbonyl (C=O) groups excluding carboxylic acids is 1. The van der Waals surface area contributed by atoms with Gasteiger partial charge in [-0.2, -0.15) is 0 Å². The molecule has 0 bridgehead atoms.